The third-order valence-electron chi connectivity index (χ3n) is 3.48. The van der Waals surface area contributed by atoms with Gasteiger partial charge >= 0.3 is 0 Å². The van der Waals surface area contributed by atoms with Crippen molar-refractivity contribution in [2.75, 3.05) is 5.73 Å². The van der Waals surface area contributed by atoms with Crippen molar-refractivity contribution in [3.63, 3.8) is 0 Å². The Bertz CT molecular complexity index is 641. The third kappa shape index (κ3) is 1.45. The Labute approximate surface area is 105 Å². The van der Waals surface area contributed by atoms with E-state index in [1.54, 1.807) is 13.8 Å². The number of anilines is 1. The second-order valence-corrected chi connectivity index (χ2v) is 4.93. The number of hydrogen-bond donors (Lipinski definition) is 2. The molecule has 0 aliphatic carbocycles. The first-order valence-corrected chi connectivity index (χ1v) is 5.67. The summed E-state index contributed by atoms with van der Waals surface area (Å²) in [6.45, 7) is 7.38. The monoisotopic (exact) mass is 247 g/mol. The number of aryl methyl sites for hydroxylation is 1. The Kier molecular flexibility index (Phi) is 2.53. The zero-order chi connectivity index (χ0) is 13.7. The fourth-order valence-corrected chi connectivity index (χ4v) is 2.22. The van der Waals surface area contributed by atoms with Gasteiger partial charge in [0.15, 0.2) is 0 Å². The van der Waals surface area contributed by atoms with Crippen LogP contribution in [-0.4, -0.2) is 20.4 Å². The Morgan fingerprint density at radius 3 is 2.50 bits per heavy atom. The molecule has 6 nitrogen and oxygen atoms in total. The summed E-state index contributed by atoms with van der Waals surface area (Å²) in [7, 11) is 0. The average molecular weight is 247 g/mol. The summed E-state index contributed by atoms with van der Waals surface area (Å²) < 4.78 is 1.82. The Morgan fingerprint density at radius 2 is 1.94 bits per heavy atom. The molecule has 0 saturated heterocycles. The standard InChI is InChI=1S/C12H17N5O/c1-6-7(2)17(12(3,4)11(14)18)10-8(6)9(13)15-5-16-10/h5H,1-4H3,(H2,14,18)(H2,13,15,16). The Morgan fingerprint density at radius 1 is 1.33 bits per heavy atom. The molecule has 2 heterocycles. The molecule has 4 N–H and O–H groups in total. The van der Waals surface area contributed by atoms with Crippen molar-refractivity contribution in [1.82, 2.24) is 14.5 Å². The lowest BCUT2D eigenvalue weighted by Gasteiger charge is -2.25. The van der Waals surface area contributed by atoms with E-state index < -0.39 is 11.4 Å². The van der Waals surface area contributed by atoms with E-state index in [1.807, 2.05) is 18.4 Å². The summed E-state index contributed by atoms with van der Waals surface area (Å²) in [5, 5.41) is 0.782. The van der Waals surface area contributed by atoms with E-state index in [2.05, 4.69) is 9.97 Å². The molecule has 0 aliphatic rings. The summed E-state index contributed by atoms with van der Waals surface area (Å²) >= 11 is 0. The summed E-state index contributed by atoms with van der Waals surface area (Å²) in [5.74, 6) is -0.000644. The van der Waals surface area contributed by atoms with Crippen LogP contribution in [0.15, 0.2) is 6.33 Å². The first kappa shape index (κ1) is 12.3. The number of nitrogens with two attached hydrogens (primary N) is 2. The van der Waals surface area contributed by atoms with Crippen LogP contribution in [0.2, 0.25) is 0 Å². The van der Waals surface area contributed by atoms with Crippen molar-refractivity contribution in [2.45, 2.75) is 33.2 Å². The van der Waals surface area contributed by atoms with Gasteiger partial charge in [-0.25, -0.2) is 9.97 Å². The number of rotatable bonds is 2. The highest BCUT2D eigenvalue weighted by Gasteiger charge is 2.32. The fraction of sp³-hybridized carbons (Fsp3) is 0.417. The molecule has 6 heteroatoms. The molecule has 0 bridgehead atoms. The van der Waals surface area contributed by atoms with Gasteiger partial charge in [-0.05, 0) is 33.3 Å². The van der Waals surface area contributed by atoms with Gasteiger partial charge in [-0.2, -0.15) is 0 Å². The molecule has 0 unspecified atom stereocenters. The molecule has 2 rings (SSSR count). The van der Waals surface area contributed by atoms with Gasteiger partial charge in [0.1, 0.15) is 23.3 Å². The number of hydrogen-bond acceptors (Lipinski definition) is 4. The maximum Gasteiger partial charge on any atom is 0.243 e. The summed E-state index contributed by atoms with van der Waals surface area (Å²) in [5.41, 5.74) is 13.0. The lowest BCUT2D eigenvalue weighted by atomic mass is 10.0. The van der Waals surface area contributed by atoms with E-state index in [0.29, 0.717) is 11.5 Å². The lowest BCUT2D eigenvalue weighted by Crippen LogP contribution is -2.41. The number of fused-ring (bicyclic) bond motifs is 1. The topological polar surface area (TPSA) is 99.8 Å². The second-order valence-electron chi connectivity index (χ2n) is 4.93. The maximum absolute atomic E-state index is 11.6. The first-order valence-electron chi connectivity index (χ1n) is 5.67. The molecule has 0 aliphatic heterocycles. The summed E-state index contributed by atoms with van der Waals surface area (Å²) in [6.07, 6.45) is 1.39. The van der Waals surface area contributed by atoms with Gasteiger partial charge < -0.3 is 16.0 Å². The molecule has 0 radical (unpaired) electrons. The predicted molar refractivity (Wildman–Crippen MR) is 69.9 cm³/mol. The predicted octanol–water partition coefficient (Wildman–Crippen LogP) is 0.851. The largest absolute Gasteiger partial charge is 0.383 e. The van der Waals surface area contributed by atoms with Gasteiger partial charge in [-0.3, -0.25) is 4.79 Å². The minimum atomic E-state index is -0.864. The number of nitrogen functional groups attached to an aromatic ring is 1. The van der Waals surface area contributed by atoms with Crippen LogP contribution in [0.25, 0.3) is 11.0 Å². The molecule has 0 fully saturated rings. The van der Waals surface area contributed by atoms with Crippen LogP contribution in [0.1, 0.15) is 25.1 Å². The molecule has 0 saturated carbocycles. The van der Waals surface area contributed by atoms with Crippen molar-refractivity contribution in [3.05, 3.63) is 17.6 Å². The average Bonchev–Trinajstić information content (AvgIpc) is 2.53. The lowest BCUT2D eigenvalue weighted by molar-refractivity contribution is -0.124. The van der Waals surface area contributed by atoms with Crippen LogP contribution in [0.5, 0.6) is 0 Å². The van der Waals surface area contributed by atoms with Gasteiger partial charge in [-0.15, -0.1) is 0 Å². The van der Waals surface area contributed by atoms with Crippen LogP contribution in [0.4, 0.5) is 5.82 Å². The second kappa shape index (κ2) is 3.69. The molecular weight excluding hydrogens is 230 g/mol. The zero-order valence-corrected chi connectivity index (χ0v) is 11.0. The van der Waals surface area contributed by atoms with E-state index in [4.69, 9.17) is 11.5 Å². The molecule has 2 aromatic rings. The van der Waals surface area contributed by atoms with Crippen molar-refractivity contribution in [1.29, 1.82) is 0 Å². The summed E-state index contributed by atoms with van der Waals surface area (Å²) in [6, 6.07) is 0. The minimum absolute atomic E-state index is 0.416. The molecular formula is C12H17N5O. The van der Waals surface area contributed by atoms with Gasteiger partial charge in [0, 0.05) is 5.69 Å². The van der Waals surface area contributed by atoms with Crippen LogP contribution in [-0.2, 0) is 10.3 Å². The van der Waals surface area contributed by atoms with Crippen LogP contribution < -0.4 is 11.5 Å². The Balaban J connectivity index is 2.93. The molecule has 2 aromatic heterocycles. The third-order valence-corrected chi connectivity index (χ3v) is 3.48. The molecule has 0 spiro atoms. The number of carbonyl (C=O) groups excluding carboxylic acids is 1. The van der Waals surface area contributed by atoms with E-state index in [-0.39, 0.29) is 0 Å². The van der Waals surface area contributed by atoms with Crippen molar-refractivity contribution < 1.29 is 4.79 Å². The Hall–Kier alpha value is -2.11. The number of aromatic nitrogens is 3. The number of nitrogens with zero attached hydrogens (tertiary/aromatic N) is 3. The van der Waals surface area contributed by atoms with Gasteiger partial charge in [0.05, 0.1) is 5.39 Å². The van der Waals surface area contributed by atoms with E-state index >= 15 is 0 Å². The van der Waals surface area contributed by atoms with Crippen LogP contribution in [0.3, 0.4) is 0 Å². The highest BCUT2D eigenvalue weighted by Crippen LogP contribution is 2.31. The van der Waals surface area contributed by atoms with E-state index in [9.17, 15) is 4.79 Å². The smallest absolute Gasteiger partial charge is 0.243 e. The molecule has 0 aromatic carbocycles. The normalized spacial score (nSPS) is 12.0. The number of primary amides is 1. The van der Waals surface area contributed by atoms with E-state index in [0.717, 1.165) is 16.6 Å². The number of carbonyl (C=O) groups is 1. The summed E-state index contributed by atoms with van der Waals surface area (Å²) in [4.78, 5) is 19.9. The first-order chi connectivity index (χ1) is 8.28. The maximum atomic E-state index is 11.6. The van der Waals surface area contributed by atoms with Gasteiger partial charge in [0.25, 0.3) is 0 Å². The van der Waals surface area contributed by atoms with Crippen LogP contribution >= 0.6 is 0 Å². The molecule has 0 atom stereocenters. The van der Waals surface area contributed by atoms with Gasteiger partial charge in [0.2, 0.25) is 5.91 Å². The van der Waals surface area contributed by atoms with Gasteiger partial charge in [-0.1, -0.05) is 0 Å². The quantitative estimate of drug-likeness (QED) is 0.821. The molecule has 18 heavy (non-hydrogen) atoms. The van der Waals surface area contributed by atoms with Crippen molar-refractivity contribution in [3.8, 4) is 0 Å². The molecule has 1 amide bonds. The van der Waals surface area contributed by atoms with Crippen molar-refractivity contribution >= 4 is 22.8 Å². The number of amides is 1. The minimum Gasteiger partial charge on any atom is -0.383 e. The SMILES string of the molecule is Cc1c(C)n(C(C)(C)C(N)=O)c2ncnc(N)c12. The van der Waals surface area contributed by atoms with Crippen LogP contribution in [0, 0.1) is 13.8 Å². The highest BCUT2D eigenvalue weighted by molar-refractivity contribution is 5.93. The zero-order valence-electron chi connectivity index (χ0n) is 11.0. The van der Waals surface area contributed by atoms with E-state index in [1.165, 1.54) is 6.33 Å². The fourth-order valence-electron chi connectivity index (χ4n) is 2.22. The molecule has 96 valence electrons. The van der Waals surface area contributed by atoms with Crippen molar-refractivity contribution in [2.24, 2.45) is 5.73 Å². The highest BCUT2D eigenvalue weighted by atomic mass is 16.1.